The molecule has 1 heterocycles. The van der Waals surface area contributed by atoms with Crippen molar-refractivity contribution >= 4 is 0 Å². The molecule has 0 aliphatic carbocycles. The molecule has 1 atom stereocenters. The van der Waals surface area contributed by atoms with Crippen molar-refractivity contribution < 1.29 is 9.66 Å². The smallest absolute Gasteiger partial charge is 0.215 e. The molecule has 18 heavy (non-hydrogen) atoms. The van der Waals surface area contributed by atoms with Crippen molar-refractivity contribution in [2.45, 2.75) is 12.8 Å². The van der Waals surface area contributed by atoms with Gasteiger partial charge in [0.25, 0.3) is 0 Å². The third kappa shape index (κ3) is 1.86. The minimum absolute atomic E-state index is 0.0499. The normalized spacial score (nSPS) is 17.7. The minimum atomic E-state index is -0.645. The first-order chi connectivity index (χ1) is 8.54. The summed E-state index contributed by atoms with van der Waals surface area (Å²) in [5.74, 6) is -0.180. The van der Waals surface area contributed by atoms with Crippen LogP contribution in [0.3, 0.4) is 0 Å². The highest BCUT2D eigenvalue weighted by molar-refractivity contribution is 5.52. The molecule has 0 saturated carbocycles. The Kier molecular flexibility index (Phi) is 2.90. The summed E-state index contributed by atoms with van der Waals surface area (Å²) in [4.78, 5) is 10.3. The van der Waals surface area contributed by atoms with Gasteiger partial charge >= 0.3 is 0 Å². The average Bonchev–Trinajstić information content (AvgIpc) is 2.30. The number of nitro groups is 1. The molecule has 1 aliphatic heterocycles. The first-order valence-electron chi connectivity index (χ1n) is 5.33. The van der Waals surface area contributed by atoms with E-state index in [0.717, 1.165) is 5.56 Å². The molecular weight excluding hydrogens is 234 g/mol. The maximum atomic E-state index is 10.7. The lowest BCUT2D eigenvalue weighted by Crippen LogP contribution is -2.25. The van der Waals surface area contributed by atoms with Crippen LogP contribution in [0.5, 0.6) is 5.75 Å². The standard InChI is InChI=1S/C12H11N3O3/c1-7-3-2-4-8-10(6-15(16)17)9(5-13)12(14)18-11(7)8/h2-4,10H,6,14H2,1H3/t10-/m0/s1. The molecule has 2 rings (SSSR count). The zero-order chi connectivity index (χ0) is 13.3. The van der Waals surface area contributed by atoms with E-state index in [4.69, 9.17) is 15.7 Å². The van der Waals surface area contributed by atoms with Crippen LogP contribution in [-0.2, 0) is 0 Å². The van der Waals surface area contributed by atoms with Gasteiger partial charge in [0.1, 0.15) is 17.4 Å². The summed E-state index contributed by atoms with van der Waals surface area (Å²) in [7, 11) is 0. The quantitative estimate of drug-likeness (QED) is 0.627. The average molecular weight is 245 g/mol. The summed E-state index contributed by atoms with van der Waals surface area (Å²) in [5.41, 5.74) is 7.24. The lowest BCUT2D eigenvalue weighted by Gasteiger charge is -2.24. The fourth-order valence-corrected chi connectivity index (χ4v) is 2.05. The Morgan fingerprint density at radius 1 is 1.61 bits per heavy atom. The van der Waals surface area contributed by atoms with E-state index in [0.29, 0.717) is 11.3 Å². The molecule has 1 aliphatic rings. The molecule has 0 spiro atoms. The van der Waals surface area contributed by atoms with E-state index >= 15 is 0 Å². The van der Waals surface area contributed by atoms with Crippen LogP contribution in [0, 0.1) is 28.4 Å². The van der Waals surface area contributed by atoms with Gasteiger partial charge in [-0.05, 0) is 12.5 Å². The summed E-state index contributed by atoms with van der Waals surface area (Å²) < 4.78 is 5.39. The van der Waals surface area contributed by atoms with Crippen LogP contribution >= 0.6 is 0 Å². The van der Waals surface area contributed by atoms with Gasteiger partial charge in [0, 0.05) is 10.5 Å². The van der Waals surface area contributed by atoms with Crippen molar-refractivity contribution in [3.63, 3.8) is 0 Å². The number of aryl methyl sites for hydroxylation is 1. The van der Waals surface area contributed by atoms with Gasteiger partial charge in [-0.25, -0.2) is 0 Å². The van der Waals surface area contributed by atoms with Gasteiger partial charge in [-0.2, -0.15) is 5.26 Å². The monoisotopic (exact) mass is 245 g/mol. The van der Waals surface area contributed by atoms with Gasteiger partial charge in [-0.15, -0.1) is 0 Å². The molecule has 2 N–H and O–H groups in total. The highest BCUT2D eigenvalue weighted by Gasteiger charge is 2.33. The van der Waals surface area contributed by atoms with Crippen molar-refractivity contribution in [1.82, 2.24) is 0 Å². The van der Waals surface area contributed by atoms with E-state index in [-0.39, 0.29) is 18.0 Å². The molecule has 0 radical (unpaired) electrons. The number of fused-ring (bicyclic) bond motifs is 1. The number of rotatable bonds is 2. The summed E-state index contributed by atoms with van der Waals surface area (Å²) in [6.45, 7) is 1.45. The molecule has 0 saturated heterocycles. The Morgan fingerprint density at radius 3 is 2.94 bits per heavy atom. The van der Waals surface area contributed by atoms with Crippen molar-refractivity contribution in [3.05, 3.63) is 50.9 Å². The van der Waals surface area contributed by atoms with Gasteiger partial charge in [0.2, 0.25) is 12.4 Å². The van der Waals surface area contributed by atoms with Crippen LogP contribution in [0.4, 0.5) is 0 Å². The molecule has 0 fully saturated rings. The van der Waals surface area contributed by atoms with Gasteiger partial charge in [0.05, 0.1) is 5.92 Å². The number of nitrogens with two attached hydrogens (primary N) is 1. The first-order valence-corrected chi connectivity index (χ1v) is 5.33. The van der Waals surface area contributed by atoms with Crippen LogP contribution < -0.4 is 10.5 Å². The number of para-hydroxylation sites is 1. The predicted molar refractivity (Wildman–Crippen MR) is 63.2 cm³/mol. The molecule has 1 aromatic rings. The second-order valence-corrected chi connectivity index (χ2v) is 4.05. The second-order valence-electron chi connectivity index (χ2n) is 4.05. The van der Waals surface area contributed by atoms with Crippen LogP contribution in [0.25, 0.3) is 0 Å². The van der Waals surface area contributed by atoms with Gasteiger partial charge < -0.3 is 10.5 Å². The number of ether oxygens (including phenoxy) is 1. The molecule has 1 aromatic carbocycles. The zero-order valence-corrected chi connectivity index (χ0v) is 9.71. The highest BCUT2D eigenvalue weighted by Crippen LogP contribution is 2.39. The number of benzene rings is 1. The van der Waals surface area contributed by atoms with Gasteiger partial charge in [-0.1, -0.05) is 18.2 Å². The lowest BCUT2D eigenvalue weighted by atomic mass is 9.88. The Balaban J connectivity index is 2.58. The van der Waals surface area contributed by atoms with Crippen LogP contribution in [-0.4, -0.2) is 11.5 Å². The summed E-state index contributed by atoms with van der Waals surface area (Å²) in [5, 5.41) is 19.8. The third-order valence-corrected chi connectivity index (χ3v) is 2.90. The van der Waals surface area contributed by atoms with Gasteiger partial charge in [-0.3, -0.25) is 10.1 Å². The maximum Gasteiger partial charge on any atom is 0.215 e. The van der Waals surface area contributed by atoms with Crippen molar-refractivity contribution in [2.75, 3.05) is 6.54 Å². The van der Waals surface area contributed by atoms with Crippen LogP contribution in [0.2, 0.25) is 0 Å². The molecule has 0 amide bonds. The summed E-state index contributed by atoms with van der Waals surface area (Å²) >= 11 is 0. The van der Waals surface area contributed by atoms with Crippen LogP contribution in [0.1, 0.15) is 17.0 Å². The van der Waals surface area contributed by atoms with Crippen molar-refractivity contribution in [2.24, 2.45) is 5.73 Å². The van der Waals surface area contributed by atoms with Crippen molar-refractivity contribution in [3.8, 4) is 11.8 Å². The Labute approximate surface area is 103 Å². The topological polar surface area (TPSA) is 102 Å². The van der Waals surface area contributed by atoms with E-state index in [2.05, 4.69) is 0 Å². The first kappa shape index (κ1) is 11.9. The summed E-state index contributed by atoms with van der Waals surface area (Å²) in [6, 6.07) is 7.22. The molecule has 6 nitrogen and oxygen atoms in total. The van der Waals surface area contributed by atoms with E-state index in [9.17, 15) is 10.1 Å². The third-order valence-electron chi connectivity index (χ3n) is 2.90. The van der Waals surface area contributed by atoms with E-state index in [1.807, 2.05) is 19.1 Å². The predicted octanol–water partition coefficient (Wildman–Crippen LogP) is 1.44. The molecule has 0 aromatic heterocycles. The molecule has 0 bridgehead atoms. The molecule has 0 unspecified atom stereocenters. The number of hydrogen-bond donors (Lipinski definition) is 1. The largest absolute Gasteiger partial charge is 0.440 e. The fraction of sp³-hybridized carbons (Fsp3) is 0.250. The minimum Gasteiger partial charge on any atom is -0.440 e. The number of nitriles is 1. The van der Waals surface area contributed by atoms with Crippen molar-refractivity contribution in [1.29, 1.82) is 5.26 Å². The summed E-state index contributed by atoms with van der Waals surface area (Å²) in [6.07, 6.45) is 0. The highest BCUT2D eigenvalue weighted by atomic mass is 16.6. The molecule has 6 heteroatoms. The Bertz CT molecular complexity index is 587. The van der Waals surface area contributed by atoms with Gasteiger partial charge in [0.15, 0.2) is 0 Å². The molecule has 92 valence electrons. The lowest BCUT2D eigenvalue weighted by molar-refractivity contribution is -0.482. The molecular formula is C12H11N3O3. The maximum absolute atomic E-state index is 10.7. The Hall–Kier alpha value is -2.55. The van der Waals surface area contributed by atoms with E-state index in [1.54, 1.807) is 12.1 Å². The SMILES string of the molecule is Cc1cccc2c1OC(N)=C(C#N)[C@H]2C[N+](=O)[O-]. The van der Waals surface area contributed by atoms with E-state index in [1.165, 1.54) is 0 Å². The zero-order valence-electron chi connectivity index (χ0n) is 9.71. The second kappa shape index (κ2) is 4.37. The number of nitrogens with zero attached hydrogens (tertiary/aromatic N) is 2. The number of hydrogen-bond acceptors (Lipinski definition) is 5. The Morgan fingerprint density at radius 2 is 2.33 bits per heavy atom. The van der Waals surface area contributed by atoms with Crippen LogP contribution in [0.15, 0.2) is 29.7 Å². The van der Waals surface area contributed by atoms with E-state index < -0.39 is 10.8 Å². The fourth-order valence-electron chi connectivity index (χ4n) is 2.05.